The van der Waals surface area contributed by atoms with Crippen LogP contribution in [0.3, 0.4) is 0 Å². The molecule has 0 aliphatic rings. The van der Waals surface area contributed by atoms with Gasteiger partial charge in [0.1, 0.15) is 17.5 Å². The zero-order valence-corrected chi connectivity index (χ0v) is 10.3. The third-order valence-electron chi connectivity index (χ3n) is 2.65. The van der Waals surface area contributed by atoms with Gasteiger partial charge in [-0.15, -0.1) is 0 Å². The summed E-state index contributed by atoms with van der Waals surface area (Å²) in [7, 11) is 0. The van der Waals surface area contributed by atoms with Crippen LogP contribution in [0.25, 0.3) is 0 Å². The number of unbranched alkanes of at least 4 members (excludes halogenated alkanes) is 2. The molecule has 0 spiro atoms. The highest BCUT2D eigenvalue weighted by Crippen LogP contribution is 2.23. The highest BCUT2D eigenvalue weighted by molar-refractivity contribution is 5.52. The van der Waals surface area contributed by atoms with Gasteiger partial charge in [0.25, 0.3) is 0 Å². The van der Waals surface area contributed by atoms with Crippen LogP contribution < -0.4 is 5.73 Å². The van der Waals surface area contributed by atoms with E-state index in [1.54, 1.807) is 4.68 Å². The van der Waals surface area contributed by atoms with Crippen molar-refractivity contribution >= 4 is 5.82 Å². The van der Waals surface area contributed by atoms with Gasteiger partial charge in [-0.05, 0) is 12.3 Å². The number of nitrogen functional groups attached to an aromatic ring is 1. The highest BCUT2D eigenvalue weighted by atomic mass is 15.3. The first-order valence-corrected chi connectivity index (χ1v) is 5.88. The lowest BCUT2D eigenvalue weighted by atomic mass is 10.1. The van der Waals surface area contributed by atoms with Crippen molar-refractivity contribution < 1.29 is 0 Å². The Bertz CT molecular complexity index is 384. The van der Waals surface area contributed by atoms with Crippen LogP contribution in [-0.4, -0.2) is 9.78 Å². The maximum absolute atomic E-state index is 9.05. The van der Waals surface area contributed by atoms with Gasteiger partial charge in [-0.3, -0.25) is 0 Å². The lowest BCUT2D eigenvalue weighted by Gasteiger charge is -2.02. The molecule has 88 valence electrons. The minimum Gasteiger partial charge on any atom is -0.383 e. The summed E-state index contributed by atoms with van der Waals surface area (Å²) in [6.07, 6.45) is 3.40. The first-order chi connectivity index (χ1) is 7.61. The molecular formula is C12H20N4. The van der Waals surface area contributed by atoms with E-state index in [2.05, 4.69) is 18.1 Å². The van der Waals surface area contributed by atoms with Crippen molar-refractivity contribution in [1.82, 2.24) is 9.78 Å². The fourth-order valence-corrected chi connectivity index (χ4v) is 1.69. The maximum atomic E-state index is 9.05. The monoisotopic (exact) mass is 220 g/mol. The number of nitrogens with two attached hydrogens (primary N) is 1. The second-order valence-corrected chi connectivity index (χ2v) is 4.34. The molecule has 1 aromatic heterocycles. The molecule has 1 aromatic rings. The molecule has 0 aromatic carbocycles. The van der Waals surface area contributed by atoms with E-state index in [0.717, 1.165) is 25.1 Å². The molecule has 1 heterocycles. The third-order valence-corrected chi connectivity index (χ3v) is 2.65. The van der Waals surface area contributed by atoms with Crippen LogP contribution in [0.2, 0.25) is 0 Å². The molecule has 0 aliphatic heterocycles. The lowest BCUT2D eigenvalue weighted by Crippen LogP contribution is -2.05. The normalized spacial score (nSPS) is 10.7. The van der Waals surface area contributed by atoms with E-state index in [9.17, 15) is 0 Å². The molecule has 0 aliphatic carbocycles. The standard InChI is InChI=1S/C12H20N4/c1-4-5-6-7-16-12(14)10(8-13)11(15-16)9(2)3/h9H,4-7,14H2,1-3H3. The van der Waals surface area contributed by atoms with E-state index < -0.39 is 0 Å². The molecule has 1 rings (SSSR count). The van der Waals surface area contributed by atoms with Crippen molar-refractivity contribution in [3.63, 3.8) is 0 Å². The molecule has 0 saturated heterocycles. The summed E-state index contributed by atoms with van der Waals surface area (Å²) in [5, 5.41) is 13.5. The zero-order valence-electron chi connectivity index (χ0n) is 10.3. The molecule has 0 unspecified atom stereocenters. The van der Waals surface area contributed by atoms with Gasteiger partial charge in [-0.2, -0.15) is 10.4 Å². The van der Waals surface area contributed by atoms with Crippen LogP contribution in [-0.2, 0) is 6.54 Å². The van der Waals surface area contributed by atoms with Gasteiger partial charge in [0, 0.05) is 6.54 Å². The Morgan fingerprint density at radius 3 is 2.56 bits per heavy atom. The van der Waals surface area contributed by atoms with E-state index in [-0.39, 0.29) is 5.92 Å². The van der Waals surface area contributed by atoms with Crippen LogP contribution in [0, 0.1) is 11.3 Å². The second-order valence-electron chi connectivity index (χ2n) is 4.34. The molecule has 2 N–H and O–H groups in total. The predicted octanol–water partition coefficient (Wildman–Crippen LogP) is 2.65. The largest absolute Gasteiger partial charge is 0.383 e. The summed E-state index contributed by atoms with van der Waals surface area (Å²) in [5.74, 6) is 0.756. The van der Waals surface area contributed by atoms with E-state index >= 15 is 0 Å². The molecule has 0 amide bonds. The fraction of sp³-hybridized carbons (Fsp3) is 0.667. The SMILES string of the molecule is CCCCCn1nc(C(C)C)c(C#N)c1N. The molecule has 0 fully saturated rings. The lowest BCUT2D eigenvalue weighted by molar-refractivity contribution is 0.550. The molecule has 0 bridgehead atoms. The molecule has 16 heavy (non-hydrogen) atoms. The van der Waals surface area contributed by atoms with Gasteiger partial charge in [-0.25, -0.2) is 4.68 Å². The fourth-order valence-electron chi connectivity index (χ4n) is 1.69. The van der Waals surface area contributed by atoms with Crippen LogP contribution in [0.5, 0.6) is 0 Å². The van der Waals surface area contributed by atoms with E-state index in [4.69, 9.17) is 11.0 Å². The van der Waals surface area contributed by atoms with Gasteiger partial charge >= 0.3 is 0 Å². The Hall–Kier alpha value is -1.50. The number of aromatic nitrogens is 2. The van der Waals surface area contributed by atoms with E-state index in [1.807, 2.05) is 13.8 Å². The minimum absolute atomic E-state index is 0.240. The van der Waals surface area contributed by atoms with Gasteiger partial charge < -0.3 is 5.73 Å². The zero-order chi connectivity index (χ0) is 12.1. The molecule has 0 saturated carbocycles. The summed E-state index contributed by atoms with van der Waals surface area (Å²) < 4.78 is 1.77. The first-order valence-electron chi connectivity index (χ1n) is 5.88. The Morgan fingerprint density at radius 2 is 2.12 bits per heavy atom. The Morgan fingerprint density at radius 1 is 1.44 bits per heavy atom. The predicted molar refractivity (Wildman–Crippen MR) is 65.0 cm³/mol. The molecular weight excluding hydrogens is 200 g/mol. The van der Waals surface area contributed by atoms with Crippen LogP contribution >= 0.6 is 0 Å². The molecule has 0 atom stereocenters. The molecule has 4 heteroatoms. The van der Waals surface area contributed by atoms with Crippen LogP contribution in [0.4, 0.5) is 5.82 Å². The number of aryl methyl sites for hydroxylation is 1. The minimum atomic E-state index is 0.240. The number of rotatable bonds is 5. The number of hydrogen-bond donors (Lipinski definition) is 1. The van der Waals surface area contributed by atoms with Crippen molar-refractivity contribution in [3.8, 4) is 6.07 Å². The maximum Gasteiger partial charge on any atom is 0.140 e. The molecule has 0 radical (unpaired) electrons. The van der Waals surface area contributed by atoms with Crippen molar-refractivity contribution in [3.05, 3.63) is 11.3 Å². The topological polar surface area (TPSA) is 67.6 Å². The first kappa shape index (κ1) is 12.6. The van der Waals surface area contributed by atoms with Crippen molar-refractivity contribution in [2.75, 3.05) is 5.73 Å². The average Bonchev–Trinajstić information content (AvgIpc) is 2.56. The van der Waals surface area contributed by atoms with Crippen molar-refractivity contribution in [1.29, 1.82) is 5.26 Å². The van der Waals surface area contributed by atoms with Crippen LogP contribution in [0.15, 0.2) is 0 Å². The highest BCUT2D eigenvalue weighted by Gasteiger charge is 2.17. The summed E-state index contributed by atoms with van der Waals surface area (Å²) in [5.41, 5.74) is 7.28. The van der Waals surface area contributed by atoms with Gasteiger partial charge in [0.05, 0.1) is 5.69 Å². The summed E-state index contributed by atoms with van der Waals surface area (Å²) in [6.45, 7) is 7.02. The van der Waals surface area contributed by atoms with E-state index in [0.29, 0.717) is 11.4 Å². The Balaban J connectivity index is 2.91. The molecule has 4 nitrogen and oxygen atoms in total. The number of hydrogen-bond acceptors (Lipinski definition) is 3. The second kappa shape index (κ2) is 5.55. The smallest absolute Gasteiger partial charge is 0.140 e. The summed E-state index contributed by atoms with van der Waals surface area (Å²) in [4.78, 5) is 0. The Kier molecular flexibility index (Phi) is 4.36. The van der Waals surface area contributed by atoms with Crippen LogP contribution in [0.1, 0.15) is 57.2 Å². The van der Waals surface area contributed by atoms with Gasteiger partial charge in [-0.1, -0.05) is 33.6 Å². The number of nitriles is 1. The van der Waals surface area contributed by atoms with Gasteiger partial charge in [0.2, 0.25) is 0 Å². The van der Waals surface area contributed by atoms with E-state index in [1.165, 1.54) is 6.42 Å². The van der Waals surface area contributed by atoms with Crippen molar-refractivity contribution in [2.45, 2.75) is 52.5 Å². The summed E-state index contributed by atoms with van der Waals surface area (Å²) >= 11 is 0. The van der Waals surface area contributed by atoms with Gasteiger partial charge in [0.15, 0.2) is 0 Å². The summed E-state index contributed by atoms with van der Waals surface area (Å²) in [6, 6.07) is 2.15. The van der Waals surface area contributed by atoms with Crippen molar-refractivity contribution in [2.24, 2.45) is 0 Å². The third kappa shape index (κ3) is 2.54. The average molecular weight is 220 g/mol. The Labute approximate surface area is 97.1 Å². The quantitative estimate of drug-likeness (QED) is 0.776. The number of anilines is 1. The number of nitrogens with zero attached hydrogens (tertiary/aromatic N) is 3.